The van der Waals surface area contributed by atoms with Gasteiger partial charge in [0, 0.05) is 31.7 Å². The SMILES string of the molecule is CC(CNC(=O)NC(CCO)C(=O)O)N(C)C1CC1. The molecule has 1 saturated carbocycles. The average molecular weight is 273 g/mol. The lowest BCUT2D eigenvalue weighted by atomic mass is 10.2. The number of likely N-dealkylation sites (N-methyl/N-ethyl adjacent to an activating group) is 1. The predicted molar refractivity (Wildman–Crippen MR) is 69.9 cm³/mol. The molecule has 2 atom stereocenters. The number of aliphatic hydroxyl groups excluding tert-OH is 1. The van der Waals surface area contributed by atoms with Crippen molar-refractivity contribution >= 4 is 12.0 Å². The summed E-state index contributed by atoms with van der Waals surface area (Å²) >= 11 is 0. The van der Waals surface area contributed by atoms with Crippen LogP contribution in [-0.4, -0.2) is 65.4 Å². The van der Waals surface area contributed by atoms with Crippen molar-refractivity contribution in [2.24, 2.45) is 0 Å². The number of amides is 2. The number of nitrogens with zero attached hydrogens (tertiary/aromatic N) is 1. The summed E-state index contributed by atoms with van der Waals surface area (Å²) in [6, 6.07) is -0.751. The zero-order valence-corrected chi connectivity index (χ0v) is 11.4. The highest BCUT2D eigenvalue weighted by atomic mass is 16.4. The van der Waals surface area contributed by atoms with E-state index in [1.165, 1.54) is 12.8 Å². The van der Waals surface area contributed by atoms with E-state index in [4.69, 9.17) is 10.2 Å². The smallest absolute Gasteiger partial charge is 0.326 e. The van der Waals surface area contributed by atoms with Gasteiger partial charge in [-0.3, -0.25) is 4.90 Å². The van der Waals surface area contributed by atoms with E-state index in [1.54, 1.807) is 0 Å². The third kappa shape index (κ3) is 5.44. The summed E-state index contributed by atoms with van der Waals surface area (Å²) in [4.78, 5) is 24.6. The first-order valence-electron chi connectivity index (χ1n) is 6.55. The van der Waals surface area contributed by atoms with Crippen LogP contribution in [0.1, 0.15) is 26.2 Å². The van der Waals surface area contributed by atoms with Crippen molar-refractivity contribution in [1.29, 1.82) is 0 Å². The van der Waals surface area contributed by atoms with Crippen molar-refractivity contribution in [2.45, 2.75) is 44.3 Å². The largest absolute Gasteiger partial charge is 0.480 e. The summed E-state index contributed by atoms with van der Waals surface area (Å²) in [5.74, 6) is -1.15. The lowest BCUT2D eigenvalue weighted by Gasteiger charge is -2.25. The number of carboxylic acids is 1. The van der Waals surface area contributed by atoms with E-state index >= 15 is 0 Å². The van der Waals surface area contributed by atoms with E-state index in [9.17, 15) is 9.59 Å². The van der Waals surface area contributed by atoms with Crippen LogP contribution in [0.3, 0.4) is 0 Å². The number of carbonyl (C=O) groups excluding carboxylic acids is 1. The summed E-state index contributed by atoms with van der Waals surface area (Å²) in [5.41, 5.74) is 0. The van der Waals surface area contributed by atoms with E-state index in [0.29, 0.717) is 12.6 Å². The molecule has 0 radical (unpaired) electrons. The van der Waals surface area contributed by atoms with Crippen molar-refractivity contribution in [3.8, 4) is 0 Å². The van der Waals surface area contributed by atoms with Crippen molar-refractivity contribution < 1.29 is 19.8 Å². The van der Waals surface area contributed by atoms with Crippen molar-refractivity contribution in [2.75, 3.05) is 20.2 Å². The molecule has 0 aromatic heterocycles. The van der Waals surface area contributed by atoms with Gasteiger partial charge in [0.15, 0.2) is 0 Å². The van der Waals surface area contributed by atoms with E-state index < -0.39 is 18.0 Å². The van der Waals surface area contributed by atoms with Crippen molar-refractivity contribution in [3.63, 3.8) is 0 Å². The molecule has 2 amide bonds. The Bertz CT molecular complexity index is 320. The number of nitrogens with one attached hydrogen (secondary N) is 2. The Hall–Kier alpha value is -1.34. The van der Waals surface area contributed by atoms with Crippen LogP contribution < -0.4 is 10.6 Å². The van der Waals surface area contributed by atoms with Gasteiger partial charge in [-0.05, 0) is 26.8 Å². The molecule has 0 aromatic rings. The van der Waals surface area contributed by atoms with Gasteiger partial charge in [-0.15, -0.1) is 0 Å². The molecule has 0 heterocycles. The maximum Gasteiger partial charge on any atom is 0.326 e. The number of hydrogen-bond acceptors (Lipinski definition) is 4. The van der Waals surface area contributed by atoms with E-state index in [-0.39, 0.29) is 19.1 Å². The van der Waals surface area contributed by atoms with Crippen LogP contribution in [0.15, 0.2) is 0 Å². The fraction of sp³-hybridized carbons (Fsp3) is 0.833. The van der Waals surface area contributed by atoms with Gasteiger partial charge in [0.2, 0.25) is 0 Å². The highest BCUT2D eigenvalue weighted by Crippen LogP contribution is 2.26. The standard InChI is InChI=1S/C12H23N3O4/c1-8(15(2)9-3-4-9)7-13-12(19)14-10(5-6-16)11(17)18/h8-10,16H,3-7H2,1-2H3,(H,17,18)(H2,13,14,19). The van der Waals surface area contributed by atoms with Crippen LogP contribution in [-0.2, 0) is 4.79 Å². The lowest BCUT2D eigenvalue weighted by molar-refractivity contribution is -0.139. The number of carboxylic acid groups (broad SMARTS) is 1. The Morgan fingerprint density at radius 2 is 2.05 bits per heavy atom. The molecule has 0 aliphatic heterocycles. The van der Waals surface area contributed by atoms with E-state index in [1.807, 2.05) is 14.0 Å². The molecule has 1 rings (SSSR count). The number of rotatable bonds is 8. The molecule has 1 fully saturated rings. The van der Waals surface area contributed by atoms with Crippen LogP contribution in [0.2, 0.25) is 0 Å². The highest BCUT2D eigenvalue weighted by Gasteiger charge is 2.29. The second-order valence-electron chi connectivity index (χ2n) is 5.00. The molecule has 7 nitrogen and oxygen atoms in total. The first kappa shape index (κ1) is 15.7. The minimum absolute atomic E-state index is 0.000282. The molecular formula is C12H23N3O4. The number of hydrogen-bond donors (Lipinski definition) is 4. The van der Waals surface area contributed by atoms with Gasteiger partial charge in [0.1, 0.15) is 6.04 Å². The van der Waals surface area contributed by atoms with Crippen LogP contribution in [0, 0.1) is 0 Å². The highest BCUT2D eigenvalue weighted by molar-refractivity contribution is 5.82. The normalized spacial score (nSPS) is 17.9. The number of urea groups is 1. The molecular weight excluding hydrogens is 250 g/mol. The van der Waals surface area contributed by atoms with Crippen LogP contribution in [0.4, 0.5) is 4.79 Å². The fourth-order valence-corrected chi connectivity index (χ4v) is 1.82. The molecule has 0 spiro atoms. The molecule has 1 aliphatic rings. The second-order valence-corrected chi connectivity index (χ2v) is 5.00. The number of aliphatic hydroxyl groups is 1. The van der Waals surface area contributed by atoms with Crippen LogP contribution in [0.25, 0.3) is 0 Å². The summed E-state index contributed by atoms with van der Waals surface area (Å²) < 4.78 is 0. The fourth-order valence-electron chi connectivity index (χ4n) is 1.82. The molecule has 0 aromatic carbocycles. The molecule has 4 N–H and O–H groups in total. The predicted octanol–water partition coefficient (Wildman–Crippen LogP) is -0.396. The van der Waals surface area contributed by atoms with Gasteiger partial charge in [0.05, 0.1) is 0 Å². The van der Waals surface area contributed by atoms with Gasteiger partial charge in [0.25, 0.3) is 0 Å². The van der Waals surface area contributed by atoms with Gasteiger partial charge >= 0.3 is 12.0 Å². The van der Waals surface area contributed by atoms with Gasteiger partial charge < -0.3 is 20.8 Å². The Kier molecular flexibility index (Phi) is 6.04. The second kappa shape index (κ2) is 7.30. The molecule has 2 unspecified atom stereocenters. The van der Waals surface area contributed by atoms with E-state index in [2.05, 4.69) is 15.5 Å². The molecule has 0 saturated heterocycles. The Labute approximate surface area is 113 Å². The lowest BCUT2D eigenvalue weighted by Crippen LogP contribution is -2.49. The van der Waals surface area contributed by atoms with Crippen molar-refractivity contribution in [1.82, 2.24) is 15.5 Å². The quantitative estimate of drug-likeness (QED) is 0.482. The number of aliphatic carboxylic acids is 1. The minimum Gasteiger partial charge on any atom is -0.480 e. The molecule has 1 aliphatic carbocycles. The third-order valence-corrected chi connectivity index (χ3v) is 3.40. The monoisotopic (exact) mass is 273 g/mol. The Balaban J connectivity index is 2.27. The Morgan fingerprint density at radius 1 is 1.42 bits per heavy atom. The molecule has 19 heavy (non-hydrogen) atoms. The summed E-state index contributed by atoms with van der Waals surface area (Å²) in [5, 5.41) is 22.5. The molecule has 0 bridgehead atoms. The summed E-state index contributed by atoms with van der Waals surface area (Å²) in [7, 11) is 2.02. The Morgan fingerprint density at radius 3 is 2.53 bits per heavy atom. The average Bonchev–Trinajstić information content (AvgIpc) is 3.18. The summed E-state index contributed by atoms with van der Waals surface area (Å²) in [6.45, 7) is 2.20. The van der Waals surface area contributed by atoms with Crippen LogP contribution in [0.5, 0.6) is 0 Å². The first-order chi connectivity index (χ1) is 8.95. The molecule has 7 heteroatoms. The number of carbonyl (C=O) groups is 2. The minimum atomic E-state index is -1.15. The van der Waals surface area contributed by atoms with Crippen molar-refractivity contribution in [3.05, 3.63) is 0 Å². The first-order valence-corrected chi connectivity index (χ1v) is 6.55. The van der Waals surface area contributed by atoms with E-state index in [0.717, 1.165) is 0 Å². The summed E-state index contributed by atoms with van der Waals surface area (Å²) in [6.07, 6.45) is 2.40. The van der Waals surface area contributed by atoms with Gasteiger partial charge in [-0.1, -0.05) is 0 Å². The van der Waals surface area contributed by atoms with Gasteiger partial charge in [-0.2, -0.15) is 0 Å². The topological polar surface area (TPSA) is 102 Å². The van der Waals surface area contributed by atoms with Gasteiger partial charge in [-0.25, -0.2) is 9.59 Å². The maximum atomic E-state index is 11.6. The third-order valence-electron chi connectivity index (χ3n) is 3.40. The van der Waals surface area contributed by atoms with Crippen LogP contribution >= 0.6 is 0 Å². The zero-order valence-electron chi connectivity index (χ0n) is 11.4. The molecule has 110 valence electrons. The maximum absolute atomic E-state index is 11.6. The zero-order chi connectivity index (χ0) is 14.4.